The van der Waals surface area contributed by atoms with Crippen LogP contribution in [-0.2, 0) is 4.79 Å². The standard InChI is InChI=1S/C13H23N3O3/c1-13(11(17)18)5-3-6-16(9-13)12(19)14-10-4-7-15(2)8-10/h10H,3-9H2,1-2H3,(H,14,19)(H,17,18). The summed E-state index contributed by atoms with van der Waals surface area (Å²) in [6.45, 7) is 4.54. The summed E-state index contributed by atoms with van der Waals surface area (Å²) in [5, 5.41) is 12.3. The second-order valence-corrected chi connectivity index (χ2v) is 6.09. The SMILES string of the molecule is CN1CCC(NC(=O)N2CCCC(C)(C(=O)O)C2)C1. The van der Waals surface area contributed by atoms with Crippen molar-refractivity contribution in [1.29, 1.82) is 0 Å². The van der Waals surface area contributed by atoms with E-state index in [1.165, 1.54) is 0 Å². The minimum atomic E-state index is -0.814. The average Bonchev–Trinajstić information content (AvgIpc) is 2.74. The minimum absolute atomic E-state index is 0.118. The highest BCUT2D eigenvalue weighted by atomic mass is 16.4. The molecule has 2 aliphatic heterocycles. The second-order valence-electron chi connectivity index (χ2n) is 6.09. The molecule has 2 N–H and O–H groups in total. The highest BCUT2D eigenvalue weighted by molar-refractivity contribution is 5.78. The number of nitrogens with zero attached hydrogens (tertiary/aromatic N) is 2. The first-order chi connectivity index (χ1) is 8.90. The highest BCUT2D eigenvalue weighted by Gasteiger charge is 2.39. The largest absolute Gasteiger partial charge is 0.481 e. The number of likely N-dealkylation sites (N-methyl/N-ethyl adjacent to an activating group) is 1. The van der Waals surface area contributed by atoms with E-state index in [9.17, 15) is 14.7 Å². The molecule has 2 amide bonds. The molecule has 2 aliphatic rings. The molecule has 0 aromatic carbocycles. The summed E-state index contributed by atoms with van der Waals surface area (Å²) in [5.41, 5.74) is -0.804. The average molecular weight is 269 g/mol. The minimum Gasteiger partial charge on any atom is -0.481 e. The highest BCUT2D eigenvalue weighted by Crippen LogP contribution is 2.29. The summed E-state index contributed by atoms with van der Waals surface area (Å²) in [4.78, 5) is 27.3. The van der Waals surface area contributed by atoms with Crippen LogP contribution in [0.4, 0.5) is 4.79 Å². The van der Waals surface area contributed by atoms with E-state index in [1.807, 2.05) is 7.05 Å². The predicted molar refractivity (Wildman–Crippen MR) is 71.0 cm³/mol. The number of likely N-dealkylation sites (tertiary alicyclic amines) is 2. The van der Waals surface area contributed by atoms with Crippen molar-refractivity contribution in [1.82, 2.24) is 15.1 Å². The lowest BCUT2D eigenvalue weighted by Gasteiger charge is -2.37. The Kier molecular flexibility index (Phi) is 3.99. The third-order valence-corrected chi connectivity index (χ3v) is 4.22. The number of hydrogen-bond acceptors (Lipinski definition) is 3. The molecule has 0 aliphatic carbocycles. The van der Waals surface area contributed by atoms with Crippen molar-refractivity contribution in [3.8, 4) is 0 Å². The Labute approximate surface area is 113 Å². The van der Waals surface area contributed by atoms with Crippen LogP contribution in [0.3, 0.4) is 0 Å². The van der Waals surface area contributed by atoms with Crippen molar-refractivity contribution in [2.24, 2.45) is 5.41 Å². The molecule has 0 radical (unpaired) electrons. The van der Waals surface area contributed by atoms with Crippen LogP contribution in [0.2, 0.25) is 0 Å². The van der Waals surface area contributed by atoms with Gasteiger partial charge in [-0.1, -0.05) is 0 Å². The van der Waals surface area contributed by atoms with Gasteiger partial charge in [0.25, 0.3) is 0 Å². The van der Waals surface area contributed by atoms with Crippen molar-refractivity contribution < 1.29 is 14.7 Å². The number of amides is 2. The maximum absolute atomic E-state index is 12.2. The van der Waals surface area contributed by atoms with Crippen molar-refractivity contribution >= 4 is 12.0 Å². The van der Waals surface area contributed by atoms with Gasteiger partial charge in [0.15, 0.2) is 0 Å². The molecule has 19 heavy (non-hydrogen) atoms. The number of carbonyl (C=O) groups is 2. The van der Waals surface area contributed by atoms with Crippen LogP contribution in [-0.4, -0.2) is 66.2 Å². The maximum Gasteiger partial charge on any atom is 0.317 e. The molecular formula is C13H23N3O3. The Morgan fingerprint density at radius 1 is 1.37 bits per heavy atom. The van der Waals surface area contributed by atoms with Crippen molar-refractivity contribution in [3.63, 3.8) is 0 Å². The summed E-state index contributed by atoms with van der Waals surface area (Å²) in [6.07, 6.45) is 2.35. The monoisotopic (exact) mass is 269 g/mol. The van der Waals surface area contributed by atoms with Gasteiger partial charge in [0.2, 0.25) is 0 Å². The summed E-state index contributed by atoms with van der Waals surface area (Å²) in [7, 11) is 2.04. The molecule has 6 nitrogen and oxygen atoms in total. The molecule has 2 rings (SSSR count). The molecule has 6 heteroatoms. The normalized spacial score (nSPS) is 32.3. The predicted octanol–water partition coefficient (Wildman–Crippen LogP) is 0.587. The quantitative estimate of drug-likeness (QED) is 0.769. The van der Waals surface area contributed by atoms with E-state index in [1.54, 1.807) is 11.8 Å². The molecule has 0 bridgehead atoms. The number of urea groups is 1. The summed E-state index contributed by atoms with van der Waals surface area (Å²) in [5.74, 6) is -0.814. The lowest BCUT2D eigenvalue weighted by atomic mass is 9.82. The van der Waals surface area contributed by atoms with Gasteiger partial charge in [0, 0.05) is 25.7 Å². The molecule has 0 aromatic rings. The Morgan fingerprint density at radius 2 is 2.11 bits per heavy atom. The van der Waals surface area contributed by atoms with Crippen LogP contribution in [0.1, 0.15) is 26.2 Å². The maximum atomic E-state index is 12.2. The van der Waals surface area contributed by atoms with Gasteiger partial charge in [-0.25, -0.2) is 4.79 Å². The first-order valence-electron chi connectivity index (χ1n) is 6.88. The molecule has 0 spiro atoms. The van der Waals surface area contributed by atoms with Gasteiger partial charge in [-0.2, -0.15) is 0 Å². The second kappa shape index (κ2) is 5.36. The first-order valence-corrected chi connectivity index (χ1v) is 6.88. The van der Waals surface area contributed by atoms with Crippen LogP contribution >= 0.6 is 0 Å². The van der Waals surface area contributed by atoms with Gasteiger partial charge in [0.1, 0.15) is 0 Å². The van der Waals surface area contributed by atoms with E-state index in [0.29, 0.717) is 19.5 Å². The number of carboxylic acid groups (broad SMARTS) is 1. The number of aliphatic carboxylic acids is 1. The van der Waals surface area contributed by atoms with Gasteiger partial charge < -0.3 is 20.2 Å². The van der Waals surface area contributed by atoms with E-state index < -0.39 is 11.4 Å². The number of nitrogens with one attached hydrogen (secondary N) is 1. The van der Waals surface area contributed by atoms with E-state index in [4.69, 9.17) is 0 Å². The van der Waals surface area contributed by atoms with Crippen LogP contribution in [0, 0.1) is 5.41 Å². The third-order valence-electron chi connectivity index (χ3n) is 4.22. The molecule has 2 atom stereocenters. The summed E-state index contributed by atoms with van der Waals surface area (Å²) < 4.78 is 0. The molecule has 2 fully saturated rings. The van der Waals surface area contributed by atoms with Crippen LogP contribution in [0.5, 0.6) is 0 Å². The lowest BCUT2D eigenvalue weighted by molar-refractivity contribution is -0.150. The Hall–Kier alpha value is -1.30. The Bertz CT molecular complexity index is 374. The van der Waals surface area contributed by atoms with E-state index in [2.05, 4.69) is 10.2 Å². The number of piperidine rings is 1. The first kappa shape index (κ1) is 14.1. The van der Waals surface area contributed by atoms with Crippen LogP contribution < -0.4 is 5.32 Å². The summed E-state index contributed by atoms with van der Waals surface area (Å²) in [6, 6.07) is 0.0722. The van der Waals surface area contributed by atoms with Gasteiger partial charge in [-0.05, 0) is 39.8 Å². The smallest absolute Gasteiger partial charge is 0.317 e. The van der Waals surface area contributed by atoms with Gasteiger partial charge in [-0.15, -0.1) is 0 Å². The lowest BCUT2D eigenvalue weighted by Crippen LogP contribution is -2.53. The molecule has 108 valence electrons. The number of carbonyl (C=O) groups excluding carboxylic acids is 1. The van der Waals surface area contributed by atoms with E-state index in [0.717, 1.165) is 25.9 Å². The van der Waals surface area contributed by atoms with Crippen LogP contribution in [0.25, 0.3) is 0 Å². The third kappa shape index (κ3) is 3.18. The fourth-order valence-electron chi connectivity index (χ4n) is 2.91. The molecule has 2 unspecified atom stereocenters. The van der Waals surface area contributed by atoms with Gasteiger partial charge >= 0.3 is 12.0 Å². The van der Waals surface area contributed by atoms with E-state index in [-0.39, 0.29) is 12.1 Å². The van der Waals surface area contributed by atoms with Crippen molar-refractivity contribution in [2.75, 3.05) is 33.2 Å². The number of hydrogen-bond donors (Lipinski definition) is 2. The van der Waals surface area contributed by atoms with Gasteiger partial charge in [0.05, 0.1) is 5.41 Å². The molecule has 0 aromatic heterocycles. The van der Waals surface area contributed by atoms with Crippen LogP contribution in [0.15, 0.2) is 0 Å². The van der Waals surface area contributed by atoms with Gasteiger partial charge in [-0.3, -0.25) is 4.79 Å². The Morgan fingerprint density at radius 3 is 2.68 bits per heavy atom. The summed E-state index contributed by atoms with van der Waals surface area (Å²) >= 11 is 0. The van der Waals surface area contributed by atoms with E-state index >= 15 is 0 Å². The molecular weight excluding hydrogens is 246 g/mol. The molecule has 2 saturated heterocycles. The zero-order chi connectivity index (χ0) is 14.0. The van der Waals surface area contributed by atoms with Crippen molar-refractivity contribution in [2.45, 2.75) is 32.2 Å². The number of rotatable bonds is 2. The zero-order valence-corrected chi connectivity index (χ0v) is 11.7. The fourth-order valence-corrected chi connectivity index (χ4v) is 2.91. The topological polar surface area (TPSA) is 72.9 Å². The number of carboxylic acids is 1. The molecule has 0 saturated carbocycles. The molecule has 2 heterocycles. The fraction of sp³-hybridized carbons (Fsp3) is 0.846. The van der Waals surface area contributed by atoms with Crippen molar-refractivity contribution in [3.05, 3.63) is 0 Å². The zero-order valence-electron chi connectivity index (χ0n) is 11.7. The Balaban J connectivity index is 1.90.